The van der Waals surface area contributed by atoms with Crippen LogP contribution in [0.1, 0.15) is 31.6 Å². The Kier molecular flexibility index (Phi) is 5.06. The van der Waals surface area contributed by atoms with Gasteiger partial charge in [0.05, 0.1) is 0 Å². The normalized spacial score (nSPS) is 12.1. The summed E-state index contributed by atoms with van der Waals surface area (Å²) in [6.45, 7) is 5.41. The molecule has 3 rings (SSSR count). The van der Waals surface area contributed by atoms with Crippen molar-refractivity contribution in [3.8, 4) is 5.75 Å². The summed E-state index contributed by atoms with van der Waals surface area (Å²) in [5.41, 5.74) is 0.987. The van der Waals surface area contributed by atoms with Gasteiger partial charge in [-0.25, -0.2) is 4.79 Å². The number of anilines is 1. The Bertz CT molecular complexity index is 989. The van der Waals surface area contributed by atoms with Crippen LogP contribution in [0.25, 0.3) is 11.0 Å². The van der Waals surface area contributed by atoms with Crippen molar-refractivity contribution < 1.29 is 18.5 Å². The van der Waals surface area contributed by atoms with Crippen LogP contribution in [0.3, 0.4) is 0 Å². The zero-order chi connectivity index (χ0) is 18.7. The van der Waals surface area contributed by atoms with Crippen molar-refractivity contribution in [2.75, 3.05) is 5.32 Å². The molecule has 7 nitrogen and oxygen atoms in total. The molecule has 1 aromatic carbocycles. The highest BCUT2D eigenvalue weighted by Crippen LogP contribution is 2.24. The predicted octanol–water partition coefficient (Wildman–Crippen LogP) is 3.45. The van der Waals surface area contributed by atoms with Crippen LogP contribution in [0.15, 0.2) is 44.1 Å². The highest BCUT2D eigenvalue weighted by Gasteiger charge is 2.17. The molecule has 0 spiro atoms. The fourth-order valence-corrected chi connectivity index (χ4v) is 2.67. The first-order valence-electron chi connectivity index (χ1n) is 8.44. The number of rotatable bonds is 6. The number of amides is 1. The van der Waals surface area contributed by atoms with Gasteiger partial charge in [-0.3, -0.25) is 4.79 Å². The minimum absolute atomic E-state index is 0.330. The smallest absolute Gasteiger partial charge is 0.336 e. The van der Waals surface area contributed by atoms with E-state index in [9.17, 15) is 9.59 Å². The van der Waals surface area contributed by atoms with Crippen molar-refractivity contribution in [2.24, 2.45) is 0 Å². The van der Waals surface area contributed by atoms with E-state index >= 15 is 0 Å². The molecule has 0 fully saturated rings. The molecule has 1 amide bonds. The Morgan fingerprint density at radius 2 is 2.12 bits per heavy atom. The summed E-state index contributed by atoms with van der Waals surface area (Å²) in [4.78, 5) is 23.9. The number of nitrogens with one attached hydrogen (secondary N) is 1. The molecule has 7 heteroatoms. The molecule has 2 heterocycles. The Labute approximate surface area is 149 Å². The second-order valence-electron chi connectivity index (χ2n) is 6.07. The van der Waals surface area contributed by atoms with Gasteiger partial charge < -0.3 is 19.0 Å². The Morgan fingerprint density at radius 1 is 1.31 bits per heavy atom. The molecule has 0 aliphatic heterocycles. The molecule has 0 aliphatic rings. The quantitative estimate of drug-likeness (QED) is 0.680. The molecule has 1 unspecified atom stereocenters. The van der Waals surface area contributed by atoms with Crippen LogP contribution in [-0.2, 0) is 11.2 Å². The molecule has 1 N–H and O–H groups in total. The van der Waals surface area contributed by atoms with Gasteiger partial charge in [0.25, 0.3) is 5.91 Å². The van der Waals surface area contributed by atoms with E-state index in [1.54, 1.807) is 32.0 Å². The summed E-state index contributed by atoms with van der Waals surface area (Å²) in [5.74, 6) is 1.01. The maximum absolute atomic E-state index is 12.2. The molecule has 0 aliphatic carbocycles. The van der Waals surface area contributed by atoms with Crippen LogP contribution >= 0.6 is 0 Å². The van der Waals surface area contributed by atoms with E-state index in [1.165, 1.54) is 6.07 Å². The van der Waals surface area contributed by atoms with Crippen LogP contribution in [0, 0.1) is 6.92 Å². The van der Waals surface area contributed by atoms with Gasteiger partial charge in [0.2, 0.25) is 0 Å². The van der Waals surface area contributed by atoms with Crippen LogP contribution in [-0.4, -0.2) is 17.2 Å². The summed E-state index contributed by atoms with van der Waals surface area (Å²) in [6.07, 6.45) is 0.948. The molecular weight excluding hydrogens is 336 g/mol. The minimum Gasteiger partial charge on any atom is -0.481 e. The summed E-state index contributed by atoms with van der Waals surface area (Å²) in [6, 6.07) is 8.35. The zero-order valence-electron chi connectivity index (χ0n) is 14.9. The van der Waals surface area contributed by atoms with E-state index in [1.807, 2.05) is 6.07 Å². The fourth-order valence-electron chi connectivity index (χ4n) is 2.67. The van der Waals surface area contributed by atoms with E-state index < -0.39 is 11.7 Å². The van der Waals surface area contributed by atoms with Crippen LogP contribution < -0.4 is 15.7 Å². The average molecular weight is 356 g/mol. The van der Waals surface area contributed by atoms with E-state index in [4.69, 9.17) is 13.7 Å². The predicted molar refractivity (Wildman–Crippen MR) is 96.4 cm³/mol. The lowest BCUT2D eigenvalue weighted by Crippen LogP contribution is -2.30. The molecule has 3 aromatic rings. The topological polar surface area (TPSA) is 94.6 Å². The number of hydrogen-bond donors (Lipinski definition) is 1. The number of hydrogen-bond acceptors (Lipinski definition) is 6. The third kappa shape index (κ3) is 3.93. The lowest BCUT2D eigenvalue weighted by molar-refractivity contribution is -0.122. The SMILES string of the molecule is CCCc1cc(=O)oc2cc(OC(C)C(=O)Nc3cc(C)on3)ccc12. The van der Waals surface area contributed by atoms with Gasteiger partial charge in [-0.15, -0.1) is 0 Å². The van der Waals surface area contributed by atoms with Crippen molar-refractivity contribution >= 4 is 22.7 Å². The maximum atomic E-state index is 12.2. The third-order valence-electron chi connectivity index (χ3n) is 3.88. The summed E-state index contributed by atoms with van der Waals surface area (Å²) in [5, 5.41) is 7.19. The van der Waals surface area contributed by atoms with Crippen molar-refractivity contribution in [3.05, 3.63) is 52.1 Å². The van der Waals surface area contributed by atoms with Gasteiger partial charge in [0.15, 0.2) is 11.9 Å². The number of nitrogens with zero attached hydrogens (tertiary/aromatic N) is 1. The summed E-state index contributed by atoms with van der Waals surface area (Å²) in [7, 11) is 0. The monoisotopic (exact) mass is 356 g/mol. The zero-order valence-corrected chi connectivity index (χ0v) is 14.9. The molecule has 2 aromatic heterocycles. The molecule has 1 atom stereocenters. The third-order valence-corrected chi connectivity index (χ3v) is 3.88. The van der Waals surface area contributed by atoms with E-state index in [0.29, 0.717) is 22.9 Å². The van der Waals surface area contributed by atoms with Gasteiger partial charge in [-0.1, -0.05) is 18.5 Å². The average Bonchev–Trinajstić information content (AvgIpc) is 2.99. The standard InChI is InChI=1S/C19H20N2O5/c1-4-5-13-9-18(22)25-16-10-14(6-7-15(13)16)24-12(3)19(23)20-17-8-11(2)26-21-17/h6-10,12H,4-5H2,1-3H3,(H,20,21,23). The van der Waals surface area contributed by atoms with Gasteiger partial charge in [0.1, 0.15) is 17.1 Å². The van der Waals surface area contributed by atoms with Gasteiger partial charge in [-0.2, -0.15) is 0 Å². The number of ether oxygens (including phenoxy) is 1. The van der Waals surface area contributed by atoms with Crippen LogP contribution in [0.4, 0.5) is 5.82 Å². The number of benzene rings is 1. The molecular formula is C19H20N2O5. The van der Waals surface area contributed by atoms with E-state index in [2.05, 4.69) is 17.4 Å². The first-order chi connectivity index (χ1) is 12.5. The highest BCUT2D eigenvalue weighted by atomic mass is 16.5. The highest BCUT2D eigenvalue weighted by molar-refractivity contribution is 5.93. The molecule has 0 bridgehead atoms. The van der Waals surface area contributed by atoms with Crippen LogP contribution in [0.2, 0.25) is 0 Å². The molecule has 0 radical (unpaired) electrons. The number of carbonyl (C=O) groups is 1. The first kappa shape index (κ1) is 17.7. The van der Waals surface area contributed by atoms with Gasteiger partial charge in [0, 0.05) is 23.6 Å². The first-order valence-corrected chi connectivity index (χ1v) is 8.44. The second-order valence-corrected chi connectivity index (χ2v) is 6.07. The fraction of sp³-hybridized carbons (Fsp3) is 0.316. The maximum Gasteiger partial charge on any atom is 0.336 e. The number of aryl methyl sites for hydroxylation is 2. The van der Waals surface area contributed by atoms with Crippen molar-refractivity contribution in [3.63, 3.8) is 0 Å². The van der Waals surface area contributed by atoms with E-state index in [-0.39, 0.29) is 5.91 Å². The molecule has 0 saturated heterocycles. The Balaban J connectivity index is 1.77. The number of carbonyl (C=O) groups excluding carboxylic acids is 1. The lowest BCUT2D eigenvalue weighted by atomic mass is 10.1. The number of aromatic nitrogens is 1. The van der Waals surface area contributed by atoms with Gasteiger partial charge >= 0.3 is 5.63 Å². The summed E-state index contributed by atoms with van der Waals surface area (Å²) >= 11 is 0. The van der Waals surface area contributed by atoms with Crippen LogP contribution in [0.5, 0.6) is 5.75 Å². The Morgan fingerprint density at radius 3 is 2.81 bits per heavy atom. The van der Waals surface area contributed by atoms with Crippen molar-refractivity contribution in [2.45, 2.75) is 39.7 Å². The molecule has 0 saturated carbocycles. The molecule has 26 heavy (non-hydrogen) atoms. The minimum atomic E-state index is -0.769. The number of fused-ring (bicyclic) bond motifs is 1. The van der Waals surface area contributed by atoms with Crippen molar-refractivity contribution in [1.82, 2.24) is 5.16 Å². The lowest BCUT2D eigenvalue weighted by Gasteiger charge is -2.14. The largest absolute Gasteiger partial charge is 0.481 e. The van der Waals surface area contributed by atoms with Crippen molar-refractivity contribution in [1.29, 1.82) is 0 Å². The van der Waals surface area contributed by atoms with Gasteiger partial charge in [-0.05, 0) is 38.0 Å². The Hall–Kier alpha value is -3.09. The second kappa shape index (κ2) is 7.43. The van der Waals surface area contributed by atoms with E-state index in [0.717, 1.165) is 23.8 Å². The summed E-state index contributed by atoms with van der Waals surface area (Å²) < 4.78 is 15.8. The molecule has 136 valence electrons.